The molecule has 1 amide bonds. The Labute approximate surface area is 127 Å². The number of carbonyl (C=O) groups is 1. The van der Waals surface area contributed by atoms with Crippen molar-refractivity contribution in [1.82, 2.24) is 14.9 Å². The van der Waals surface area contributed by atoms with E-state index >= 15 is 0 Å². The summed E-state index contributed by atoms with van der Waals surface area (Å²) < 4.78 is 0. The maximum absolute atomic E-state index is 11.9. The minimum atomic E-state index is -0.163. The fraction of sp³-hybridized carbons (Fsp3) is 0.615. The maximum atomic E-state index is 11.9. The van der Waals surface area contributed by atoms with Crippen LogP contribution >= 0.6 is 23.5 Å². The van der Waals surface area contributed by atoms with Crippen LogP contribution < -0.4 is 5.56 Å². The number of aromatic amines is 1. The van der Waals surface area contributed by atoms with E-state index in [4.69, 9.17) is 0 Å². The second-order valence-electron chi connectivity index (χ2n) is 4.03. The van der Waals surface area contributed by atoms with Gasteiger partial charge in [-0.05, 0) is 19.6 Å². The molecule has 0 radical (unpaired) electrons. The zero-order valence-corrected chi connectivity index (χ0v) is 13.8. The summed E-state index contributed by atoms with van der Waals surface area (Å²) in [7, 11) is 0. The Morgan fingerprint density at radius 1 is 1.35 bits per heavy atom. The molecule has 112 valence electrons. The van der Waals surface area contributed by atoms with Gasteiger partial charge >= 0.3 is 0 Å². The zero-order chi connectivity index (χ0) is 15.0. The summed E-state index contributed by atoms with van der Waals surface area (Å²) in [6.07, 6.45) is 0. The molecule has 5 nitrogen and oxygen atoms in total. The molecular formula is C13H21N3O2S2. The number of rotatable bonds is 8. The Morgan fingerprint density at radius 3 is 2.65 bits per heavy atom. The van der Waals surface area contributed by atoms with Crippen molar-refractivity contribution >= 4 is 29.4 Å². The molecule has 7 heteroatoms. The van der Waals surface area contributed by atoms with E-state index in [1.165, 1.54) is 17.8 Å². The van der Waals surface area contributed by atoms with E-state index in [2.05, 4.69) is 16.9 Å². The number of H-pyrrole nitrogens is 1. The maximum Gasteiger partial charge on any atom is 0.251 e. The molecule has 0 saturated carbocycles. The van der Waals surface area contributed by atoms with Gasteiger partial charge in [0.15, 0.2) is 5.16 Å². The van der Waals surface area contributed by atoms with Gasteiger partial charge in [-0.3, -0.25) is 9.59 Å². The summed E-state index contributed by atoms with van der Waals surface area (Å²) in [4.78, 5) is 32.3. The van der Waals surface area contributed by atoms with Crippen LogP contribution in [0.3, 0.4) is 0 Å². The molecule has 0 aliphatic rings. The van der Waals surface area contributed by atoms with E-state index in [0.717, 1.165) is 17.2 Å². The van der Waals surface area contributed by atoms with Crippen molar-refractivity contribution < 1.29 is 4.79 Å². The molecule has 1 aromatic rings. The first kappa shape index (κ1) is 17.1. The Balaban J connectivity index is 2.65. The molecule has 20 heavy (non-hydrogen) atoms. The van der Waals surface area contributed by atoms with Gasteiger partial charge in [-0.15, -0.1) is 0 Å². The van der Waals surface area contributed by atoms with E-state index in [0.29, 0.717) is 24.0 Å². The first-order chi connectivity index (χ1) is 9.60. The lowest BCUT2D eigenvalue weighted by Gasteiger charge is -2.17. The lowest BCUT2D eigenvalue weighted by Crippen LogP contribution is -2.32. The molecule has 0 atom stereocenters. The molecule has 0 saturated heterocycles. The van der Waals surface area contributed by atoms with Crippen LogP contribution in [0.1, 0.15) is 26.5 Å². The molecule has 0 bridgehead atoms. The molecule has 1 aromatic heterocycles. The molecule has 1 N–H and O–H groups in total. The van der Waals surface area contributed by atoms with Crippen LogP contribution in [-0.2, 0) is 10.5 Å². The van der Waals surface area contributed by atoms with Gasteiger partial charge in [0.05, 0.1) is 11.4 Å². The minimum absolute atomic E-state index is 0.0657. The Kier molecular flexibility index (Phi) is 7.76. The number of nitrogens with one attached hydrogen (secondary N) is 1. The summed E-state index contributed by atoms with van der Waals surface area (Å²) in [5.74, 6) is 2.07. The van der Waals surface area contributed by atoms with Crippen molar-refractivity contribution in [3.05, 3.63) is 22.1 Å². The third-order valence-electron chi connectivity index (χ3n) is 2.68. The van der Waals surface area contributed by atoms with Gasteiger partial charge in [-0.1, -0.05) is 18.7 Å². The highest BCUT2D eigenvalue weighted by Gasteiger charge is 2.11. The number of nitrogens with zero attached hydrogens (tertiary/aromatic N) is 2. The smallest absolute Gasteiger partial charge is 0.251 e. The highest BCUT2D eigenvalue weighted by Crippen LogP contribution is 2.14. The Bertz CT molecular complexity index is 487. The molecule has 0 spiro atoms. The van der Waals surface area contributed by atoms with Crippen LogP contribution in [0.5, 0.6) is 0 Å². The minimum Gasteiger partial charge on any atom is -0.343 e. The summed E-state index contributed by atoms with van der Waals surface area (Å²) in [6, 6.07) is 1.51. The largest absolute Gasteiger partial charge is 0.343 e. The predicted octanol–water partition coefficient (Wildman–Crippen LogP) is 1.98. The molecule has 1 heterocycles. The van der Waals surface area contributed by atoms with Crippen molar-refractivity contribution in [1.29, 1.82) is 0 Å². The van der Waals surface area contributed by atoms with E-state index in [-0.39, 0.29) is 11.5 Å². The molecule has 0 aliphatic carbocycles. The topological polar surface area (TPSA) is 66.1 Å². The number of hydrogen-bond donors (Lipinski definition) is 1. The van der Waals surface area contributed by atoms with Crippen LogP contribution in [0, 0.1) is 0 Å². The van der Waals surface area contributed by atoms with Crippen LogP contribution in [0.15, 0.2) is 16.0 Å². The lowest BCUT2D eigenvalue weighted by molar-refractivity contribution is -0.127. The second-order valence-corrected chi connectivity index (χ2v) is 6.27. The van der Waals surface area contributed by atoms with Gasteiger partial charge in [-0.25, -0.2) is 4.98 Å². The number of aromatic nitrogens is 2. The summed E-state index contributed by atoms with van der Waals surface area (Å²) >= 11 is 3.00. The van der Waals surface area contributed by atoms with E-state index in [1.54, 1.807) is 16.7 Å². The number of amides is 1. The number of thioether (sulfide) groups is 2. The van der Waals surface area contributed by atoms with Crippen molar-refractivity contribution in [2.75, 3.05) is 24.6 Å². The fourth-order valence-electron chi connectivity index (χ4n) is 1.63. The summed E-state index contributed by atoms with van der Waals surface area (Å²) in [5, 5.41) is 0.518. The SMILES string of the molecule is CCSCc1cc(=O)[nH]c(SCC(=O)N(CC)CC)n1. The van der Waals surface area contributed by atoms with Gasteiger partial charge in [0.1, 0.15) is 0 Å². The average Bonchev–Trinajstić information content (AvgIpc) is 2.43. The number of carbonyl (C=O) groups excluding carboxylic acids is 1. The van der Waals surface area contributed by atoms with Crippen LogP contribution in [0.4, 0.5) is 0 Å². The van der Waals surface area contributed by atoms with Crippen molar-refractivity contribution in [3.63, 3.8) is 0 Å². The van der Waals surface area contributed by atoms with Gasteiger partial charge in [-0.2, -0.15) is 11.8 Å². The van der Waals surface area contributed by atoms with E-state index in [9.17, 15) is 9.59 Å². The highest BCUT2D eigenvalue weighted by atomic mass is 32.2. The van der Waals surface area contributed by atoms with Crippen LogP contribution in [0.25, 0.3) is 0 Å². The zero-order valence-electron chi connectivity index (χ0n) is 12.1. The Hall–Kier alpha value is -0.950. The molecule has 0 aliphatic heterocycles. The third-order valence-corrected chi connectivity index (χ3v) is 4.44. The molecule has 0 aromatic carbocycles. The first-order valence-electron chi connectivity index (χ1n) is 6.69. The van der Waals surface area contributed by atoms with Crippen molar-refractivity contribution in [2.45, 2.75) is 31.7 Å². The van der Waals surface area contributed by atoms with E-state index in [1.807, 2.05) is 13.8 Å². The standard InChI is InChI=1S/C13H21N3O2S2/c1-4-16(5-2)12(18)9-20-13-14-10(8-19-6-3)7-11(17)15-13/h7H,4-6,8-9H2,1-3H3,(H,14,15,17). The Morgan fingerprint density at radius 2 is 2.05 bits per heavy atom. The quantitative estimate of drug-likeness (QED) is 0.587. The molecular weight excluding hydrogens is 294 g/mol. The highest BCUT2D eigenvalue weighted by molar-refractivity contribution is 7.99. The third kappa shape index (κ3) is 5.58. The molecule has 1 rings (SSSR count). The number of hydrogen-bond acceptors (Lipinski definition) is 5. The predicted molar refractivity (Wildman–Crippen MR) is 85.3 cm³/mol. The van der Waals surface area contributed by atoms with Crippen LogP contribution in [-0.4, -0.2) is 45.4 Å². The monoisotopic (exact) mass is 315 g/mol. The first-order valence-corrected chi connectivity index (χ1v) is 8.83. The van der Waals surface area contributed by atoms with Crippen molar-refractivity contribution in [3.8, 4) is 0 Å². The van der Waals surface area contributed by atoms with E-state index < -0.39 is 0 Å². The fourth-order valence-corrected chi connectivity index (χ4v) is 2.99. The molecule has 0 unspecified atom stereocenters. The average molecular weight is 315 g/mol. The van der Waals surface area contributed by atoms with Gasteiger partial charge in [0.2, 0.25) is 5.91 Å². The lowest BCUT2D eigenvalue weighted by atomic mass is 10.5. The van der Waals surface area contributed by atoms with Gasteiger partial charge in [0, 0.05) is 24.9 Å². The van der Waals surface area contributed by atoms with Crippen LogP contribution in [0.2, 0.25) is 0 Å². The second kappa shape index (κ2) is 9.07. The normalized spacial score (nSPS) is 10.6. The molecule has 0 fully saturated rings. The van der Waals surface area contributed by atoms with Gasteiger partial charge in [0.25, 0.3) is 5.56 Å². The van der Waals surface area contributed by atoms with Gasteiger partial charge < -0.3 is 9.88 Å². The van der Waals surface area contributed by atoms with Crippen molar-refractivity contribution in [2.24, 2.45) is 0 Å². The summed E-state index contributed by atoms with van der Waals surface area (Å²) in [5.41, 5.74) is 0.600. The summed E-state index contributed by atoms with van der Waals surface area (Å²) in [6.45, 7) is 7.37.